The lowest BCUT2D eigenvalue weighted by atomic mass is 10.3. The van der Waals surface area contributed by atoms with Crippen molar-refractivity contribution in [3.8, 4) is 0 Å². The first-order chi connectivity index (χ1) is 10.2. The van der Waals surface area contributed by atoms with Gasteiger partial charge in [-0.1, -0.05) is 0 Å². The summed E-state index contributed by atoms with van der Waals surface area (Å²) >= 11 is 1.55. The van der Waals surface area contributed by atoms with Crippen molar-refractivity contribution in [1.29, 1.82) is 0 Å². The molecule has 0 saturated heterocycles. The first-order valence-electron chi connectivity index (χ1n) is 6.16. The summed E-state index contributed by atoms with van der Waals surface area (Å²) in [6.45, 7) is 1.14. The summed E-state index contributed by atoms with van der Waals surface area (Å²) in [4.78, 5) is 16.3. The van der Waals surface area contributed by atoms with E-state index in [4.69, 9.17) is 0 Å². The highest BCUT2D eigenvalue weighted by Gasteiger charge is 2.16. The van der Waals surface area contributed by atoms with Crippen LogP contribution in [0.15, 0.2) is 40.3 Å². The van der Waals surface area contributed by atoms with E-state index >= 15 is 0 Å². The van der Waals surface area contributed by atoms with Crippen LogP contribution in [0.4, 0.5) is 11.4 Å². The quantitative estimate of drug-likeness (QED) is 0.669. The van der Waals surface area contributed by atoms with Crippen LogP contribution in [-0.2, 0) is 6.54 Å². The van der Waals surface area contributed by atoms with Crippen LogP contribution in [-0.4, -0.2) is 28.0 Å². The number of nitrogens with one attached hydrogen (secondary N) is 1. The lowest BCUT2D eigenvalue weighted by Crippen LogP contribution is -2.36. The first-order valence-corrected chi connectivity index (χ1v) is 7.10. The lowest BCUT2D eigenvalue weighted by molar-refractivity contribution is -0.384. The molecule has 108 valence electrons. The highest BCUT2D eigenvalue weighted by Crippen LogP contribution is 2.20. The number of nitro benzene ring substituents is 1. The van der Waals surface area contributed by atoms with Gasteiger partial charge in [0.05, 0.1) is 22.7 Å². The minimum atomic E-state index is -0.413. The molecule has 2 aromatic rings. The third-order valence-electron chi connectivity index (χ3n) is 2.94. The number of aromatic nitrogens is 1. The number of hydrogen-bond acceptors (Lipinski definition) is 8. The number of hydrazine groups is 1. The van der Waals surface area contributed by atoms with Crippen LogP contribution in [0.1, 0.15) is 5.69 Å². The van der Waals surface area contributed by atoms with Crippen molar-refractivity contribution >= 4 is 29.1 Å². The maximum absolute atomic E-state index is 10.6. The molecule has 0 aliphatic carbocycles. The molecule has 3 rings (SSSR count). The SMILES string of the molecule is O=[N+]([O-])c1ccc(N2C=NN(NCc3cscn3)C2)cc1. The predicted molar refractivity (Wildman–Crippen MR) is 79.7 cm³/mol. The van der Waals surface area contributed by atoms with Crippen LogP contribution >= 0.6 is 11.3 Å². The first kappa shape index (κ1) is 13.5. The Bertz CT molecular complexity index is 642. The molecule has 0 bridgehead atoms. The molecule has 1 N–H and O–H groups in total. The van der Waals surface area contributed by atoms with E-state index < -0.39 is 4.92 Å². The molecule has 0 atom stereocenters. The minimum Gasteiger partial charge on any atom is -0.309 e. The maximum atomic E-state index is 10.6. The molecule has 21 heavy (non-hydrogen) atoms. The minimum absolute atomic E-state index is 0.0772. The molecular weight excluding hydrogens is 292 g/mol. The average molecular weight is 304 g/mol. The Kier molecular flexibility index (Phi) is 3.75. The van der Waals surface area contributed by atoms with Crippen LogP contribution in [0, 0.1) is 10.1 Å². The molecule has 2 heterocycles. The fourth-order valence-corrected chi connectivity index (χ4v) is 2.40. The van der Waals surface area contributed by atoms with Crippen molar-refractivity contribution in [2.24, 2.45) is 5.10 Å². The summed E-state index contributed by atoms with van der Waals surface area (Å²) in [5, 5.41) is 18.5. The topological polar surface area (TPSA) is 86.9 Å². The second-order valence-electron chi connectivity index (χ2n) is 4.33. The molecule has 1 aliphatic heterocycles. The fourth-order valence-electron chi connectivity index (χ4n) is 1.84. The van der Waals surface area contributed by atoms with E-state index in [0.29, 0.717) is 13.2 Å². The van der Waals surface area contributed by atoms with Crippen molar-refractivity contribution in [3.05, 3.63) is 51.0 Å². The van der Waals surface area contributed by atoms with E-state index in [2.05, 4.69) is 15.5 Å². The third-order valence-corrected chi connectivity index (χ3v) is 3.57. The number of nitrogens with zero attached hydrogens (tertiary/aromatic N) is 5. The zero-order chi connectivity index (χ0) is 14.7. The Hall–Kier alpha value is -2.52. The monoisotopic (exact) mass is 304 g/mol. The molecular formula is C12H12N6O2S. The van der Waals surface area contributed by atoms with Gasteiger partial charge in [0.2, 0.25) is 0 Å². The Balaban J connectivity index is 1.57. The fraction of sp³-hybridized carbons (Fsp3) is 0.167. The highest BCUT2D eigenvalue weighted by atomic mass is 32.1. The summed E-state index contributed by atoms with van der Waals surface area (Å²) in [5.41, 5.74) is 6.82. The summed E-state index contributed by atoms with van der Waals surface area (Å²) < 4.78 is 0. The number of anilines is 1. The van der Waals surface area contributed by atoms with E-state index in [1.54, 1.807) is 40.4 Å². The number of rotatable bonds is 5. The van der Waals surface area contributed by atoms with Crippen molar-refractivity contribution in [2.75, 3.05) is 11.6 Å². The van der Waals surface area contributed by atoms with Gasteiger partial charge in [-0.25, -0.2) is 15.5 Å². The number of hydrogen-bond donors (Lipinski definition) is 1. The summed E-state index contributed by atoms with van der Waals surface area (Å²) in [6.07, 6.45) is 1.68. The predicted octanol–water partition coefficient (Wildman–Crippen LogP) is 1.78. The number of benzene rings is 1. The van der Waals surface area contributed by atoms with Gasteiger partial charge >= 0.3 is 0 Å². The van der Waals surface area contributed by atoms with Gasteiger partial charge in [0, 0.05) is 23.2 Å². The lowest BCUT2D eigenvalue weighted by Gasteiger charge is -2.19. The molecule has 1 aliphatic rings. The molecule has 0 amide bonds. The Morgan fingerprint density at radius 2 is 2.19 bits per heavy atom. The molecule has 8 nitrogen and oxygen atoms in total. The molecule has 1 aromatic carbocycles. The van der Waals surface area contributed by atoms with Crippen molar-refractivity contribution < 1.29 is 4.92 Å². The molecule has 0 radical (unpaired) electrons. The Morgan fingerprint density at radius 1 is 1.38 bits per heavy atom. The van der Waals surface area contributed by atoms with Crippen LogP contribution in [0.3, 0.4) is 0 Å². The van der Waals surface area contributed by atoms with Gasteiger partial charge in [-0.15, -0.1) is 11.3 Å². The van der Waals surface area contributed by atoms with Gasteiger partial charge in [0.25, 0.3) is 5.69 Å². The summed E-state index contributed by atoms with van der Waals surface area (Å²) in [7, 11) is 0. The van der Waals surface area contributed by atoms with Crippen molar-refractivity contribution in [1.82, 2.24) is 15.5 Å². The normalized spacial score (nSPS) is 13.9. The van der Waals surface area contributed by atoms with Crippen LogP contribution in [0.5, 0.6) is 0 Å². The van der Waals surface area contributed by atoms with Gasteiger partial charge in [-0.2, -0.15) is 5.10 Å². The average Bonchev–Trinajstić information content (AvgIpc) is 3.17. The number of nitro groups is 1. The summed E-state index contributed by atoms with van der Waals surface area (Å²) in [6, 6.07) is 6.37. The van der Waals surface area contributed by atoms with Crippen LogP contribution in [0.25, 0.3) is 0 Å². The van der Waals surface area contributed by atoms with E-state index in [1.807, 2.05) is 10.3 Å². The third kappa shape index (κ3) is 3.15. The van der Waals surface area contributed by atoms with Crippen molar-refractivity contribution in [3.63, 3.8) is 0 Å². The maximum Gasteiger partial charge on any atom is 0.269 e. The van der Waals surface area contributed by atoms with E-state index in [0.717, 1.165) is 11.4 Å². The standard InChI is InChI=1S/C12H12N6O2S/c19-18(20)12-3-1-11(2-4-12)16-7-15-17(9-16)14-5-10-6-21-8-13-10/h1-4,6-8,14H,5,9H2. The smallest absolute Gasteiger partial charge is 0.269 e. The van der Waals surface area contributed by atoms with E-state index in [-0.39, 0.29) is 5.69 Å². The largest absolute Gasteiger partial charge is 0.309 e. The molecule has 1 aromatic heterocycles. The van der Waals surface area contributed by atoms with E-state index in [1.165, 1.54) is 12.1 Å². The molecule has 0 spiro atoms. The zero-order valence-electron chi connectivity index (χ0n) is 10.9. The number of non-ortho nitro benzene ring substituents is 1. The highest BCUT2D eigenvalue weighted by molar-refractivity contribution is 7.07. The second kappa shape index (κ2) is 5.85. The summed E-state index contributed by atoms with van der Waals surface area (Å²) in [5.74, 6) is 0. The van der Waals surface area contributed by atoms with Crippen LogP contribution < -0.4 is 10.3 Å². The van der Waals surface area contributed by atoms with Gasteiger partial charge in [-0.3, -0.25) is 10.1 Å². The number of thiazole rings is 1. The molecule has 0 unspecified atom stereocenters. The Morgan fingerprint density at radius 3 is 2.86 bits per heavy atom. The Labute approximate surface area is 124 Å². The number of hydrazone groups is 1. The molecule has 0 saturated carbocycles. The van der Waals surface area contributed by atoms with Crippen LogP contribution in [0.2, 0.25) is 0 Å². The van der Waals surface area contributed by atoms with Gasteiger partial charge in [-0.05, 0) is 12.1 Å². The van der Waals surface area contributed by atoms with Crippen molar-refractivity contribution in [2.45, 2.75) is 6.54 Å². The zero-order valence-corrected chi connectivity index (χ0v) is 11.7. The van der Waals surface area contributed by atoms with Gasteiger partial charge in [0.15, 0.2) is 0 Å². The molecule has 9 heteroatoms. The molecule has 0 fully saturated rings. The van der Waals surface area contributed by atoms with Gasteiger partial charge in [0.1, 0.15) is 13.0 Å². The van der Waals surface area contributed by atoms with E-state index in [9.17, 15) is 10.1 Å². The second-order valence-corrected chi connectivity index (χ2v) is 5.05. The van der Waals surface area contributed by atoms with Gasteiger partial charge < -0.3 is 4.90 Å².